The van der Waals surface area contributed by atoms with Crippen LogP contribution in [0.4, 0.5) is 8.78 Å². The van der Waals surface area contributed by atoms with Crippen LogP contribution < -0.4 is 0 Å². The fraction of sp³-hybridized carbons (Fsp3) is 0.500. The second kappa shape index (κ2) is 15.7. The van der Waals surface area contributed by atoms with E-state index in [-0.39, 0.29) is 7.66 Å². The molecule has 0 heterocycles. The van der Waals surface area contributed by atoms with Crippen molar-refractivity contribution >= 4 is 45.2 Å². The smallest absolute Gasteiger partial charge is 0.262 e. The van der Waals surface area contributed by atoms with Crippen LogP contribution in [0.25, 0.3) is 0 Å². The minimum Gasteiger partial charge on any atom is -0.412 e. The van der Waals surface area contributed by atoms with Crippen molar-refractivity contribution in [3.05, 3.63) is 2.19 Å². The molecule has 1 radical (unpaired) electrons. The Bertz CT molecular complexity index is 18.4. The molecule has 0 aliphatic heterocycles. The van der Waals surface area contributed by atoms with Gasteiger partial charge in [0.25, 0.3) is 2.19 Å². The fourth-order valence-electron chi connectivity index (χ4n) is 0. The molecule has 2 N–H and O–H groups in total. The Morgan fingerprint density at radius 2 is 1.29 bits per heavy atom. The van der Waals surface area contributed by atoms with E-state index < -0.39 is 0 Å². The van der Waals surface area contributed by atoms with Crippen molar-refractivity contribution in [2.75, 3.05) is 7.18 Å². The van der Waals surface area contributed by atoms with Gasteiger partial charge in [-0.2, -0.15) is 0 Å². The van der Waals surface area contributed by atoms with Crippen molar-refractivity contribution in [3.63, 3.8) is 0 Å². The SMILES string of the molecule is CF.F[C](I)I.O. The van der Waals surface area contributed by atoms with E-state index >= 15 is 0 Å². The lowest BCUT2D eigenvalue weighted by Crippen LogP contribution is -1.37. The molecule has 0 saturated carbocycles. The summed E-state index contributed by atoms with van der Waals surface area (Å²) in [5.74, 6) is 0. The van der Waals surface area contributed by atoms with Gasteiger partial charge in [0.15, 0.2) is 0 Å². The molecule has 0 amide bonds. The van der Waals surface area contributed by atoms with Crippen molar-refractivity contribution in [2.45, 2.75) is 0 Å². The monoisotopic (exact) mass is 337 g/mol. The molecule has 0 aliphatic rings. The zero-order valence-electron chi connectivity index (χ0n) is 3.51. The lowest BCUT2D eigenvalue weighted by Gasteiger charge is -1.66. The van der Waals surface area contributed by atoms with E-state index in [0.29, 0.717) is 7.18 Å². The van der Waals surface area contributed by atoms with Crippen LogP contribution >= 0.6 is 45.2 Å². The fourth-order valence-corrected chi connectivity index (χ4v) is 0. The van der Waals surface area contributed by atoms with Gasteiger partial charge < -0.3 is 5.48 Å². The molecule has 0 aromatic carbocycles. The first kappa shape index (κ1) is 15.7. The highest BCUT2D eigenvalue weighted by Gasteiger charge is 1.83. The van der Waals surface area contributed by atoms with E-state index in [2.05, 4.69) is 0 Å². The zero-order chi connectivity index (χ0) is 5.58. The molecular formula is C2H5F2I2O. The van der Waals surface area contributed by atoms with Crippen LogP contribution in [0, 0.1) is 2.19 Å². The lowest BCUT2D eigenvalue weighted by atomic mass is 11.9. The molecule has 0 spiro atoms. The second-order valence-electron chi connectivity index (χ2n) is 0.214. The third-order valence-corrected chi connectivity index (χ3v) is 0. The van der Waals surface area contributed by atoms with Crippen LogP contribution in [0.15, 0.2) is 0 Å². The Morgan fingerprint density at radius 3 is 1.29 bits per heavy atom. The average molecular weight is 337 g/mol. The van der Waals surface area contributed by atoms with Crippen LogP contribution in [-0.2, 0) is 0 Å². The molecule has 0 unspecified atom stereocenters. The largest absolute Gasteiger partial charge is 0.412 e. The maximum Gasteiger partial charge on any atom is 0.262 e. The summed E-state index contributed by atoms with van der Waals surface area (Å²) in [6.45, 7) is 0. The third kappa shape index (κ3) is 124. The van der Waals surface area contributed by atoms with Gasteiger partial charge in [0.05, 0.1) is 7.18 Å². The molecule has 7 heavy (non-hydrogen) atoms. The van der Waals surface area contributed by atoms with E-state index in [1.807, 2.05) is 0 Å². The van der Waals surface area contributed by atoms with Gasteiger partial charge in [-0.25, -0.2) is 4.39 Å². The van der Waals surface area contributed by atoms with E-state index in [1.54, 1.807) is 45.2 Å². The van der Waals surface area contributed by atoms with Crippen molar-refractivity contribution in [3.8, 4) is 0 Å². The van der Waals surface area contributed by atoms with Gasteiger partial charge in [-0.1, -0.05) is 0 Å². The average Bonchev–Trinajstić information content (AvgIpc) is 1.41. The summed E-state index contributed by atoms with van der Waals surface area (Å²) in [5.41, 5.74) is 0. The van der Waals surface area contributed by atoms with Crippen LogP contribution in [0.2, 0.25) is 0 Å². The molecule has 1 nitrogen and oxygen atoms in total. The molecule has 5 heteroatoms. The highest BCUT2D eigenvalue weighted by molar-refractivity contribution is 14.2. The zero-order valence-corrected chi connectivity index (χ0v) is 7.83. The highest BCUT2D eigenvalue weighted by Crippen LogP contribution is 2.19. The van der Waals surface area contributed by atoms with E-state index in [0.717, 1.165) is 0 Å². The molecule has 0 atom stereocenters. The van der Waals surface area contributed by atoms with Gasteiger partial charge in [0.1, 0.15) is 0 Å². The van der Waals surface area contributed by atoms with Crippen LogP contribution in [0.1, 0.15) is 0 Å². The van der Waals surface area contributed by atoms with Crippen molar-refractivity contribution in [1.29, 1.82) is 0 Å². The number of hydrogen-bond donors (Lipinski definition) is 0. The first-order valence-corrected chi connectivity index (χ1v) is 3.10. The van der Waals surface area contributed by atoms with E-state index in [4.69, 9.17) is 0 Å². The minimum atomic E-state index is -0.143. The summed E-state index contributed by atoms with van der Waals surface area (Å²) in [4.78, 5) is 0. The van der Waals surface area contributed by atoms with Gasteiger partial charge in [-0.05, 0) is 45.2 Å². The molecule has 0 rings (SSSR count). The summed E-state index contributed by atoms with van der Waals surface area (Å²) in [5, 5.41) is 0. The number of halogens is 4. The first-order chi connectivity index (χ1) is 2.73. The first-order valence-electron chi connectivity index (χ1n) is 0.945. The highest BCUT2D eigenvalue weighted by atomic mass is 127. The summed E-state index contributed by atoms with van der Waals surface area (Å²) in [7, 11) is 0.500. The van der Waals surface area contributed by atoms with E-state index in [1.165, 1.54) is 0 Å². The Labute approximate surface area is 68.4 Å². The molecule has 0 aromatic rings. The predicted molar refractivity (Wildman–Crippen MR) is 43.0 cm³/mol. The third-order valence-electron chi connectivity index (χ3n) is 0. The molecule has 0 fully saturated rings. The number of hydrogen-bond acceptors (Lipinski definition) is 0. The number of rotatable bonds is 0. The summed E-state index contributed by atoms with van der Waals surface area (Å²) in [6, 6.07) is 0. The topological polar surface area (TPSA) is 31.5 Å². The normalized spacial score (nSPS) is 6.00. The molecule has 0 saturated heterocycles. The van der Waals surface area contributed by atoms with Gasteiger partial charge in [-0.15, -0.1) is 0 Å². The van der Waals surface area contributed by atoms with Crippen LogP contribution in [0.5, 0.6) is 0 Å². The molecular weight excluding hydrogens is 332 g/mol. The number of alkyl halides is 1. The van der Waals surface area contributed by atoms with Crippen molar-refractivity contribution in [1.82, 2.24) is 0 Å². The second-order valence-corrected chi connectivity index (χ2v) is 4.17. The molecule has 0 bridgehead atoms. The van der Waals surface area contributed by atoms with Crippen molar-refractivity contribution < 1.29 is 14.3 Å². The Balaban J connectivity index is -0.0000000480. The maximum atomic E-state index is 10.9. The standard InChI is InChI=1S/CFI2.CH3F.H2O/c2-1(3)4;1-2;/h;1H3;1H2. The molecule has 47 valence electrons. The predicted octanol–water partition coefficient (Wildman–Crippen LogP) is 2.03. The Hall–Kier alpha value is 1.28. The quantitative estimate of drug-likeness (QED) is 0.606. The lowest BCUT2D eigenvalue weighted by molar-refractivity contribution is 0.636. The van der Waals surface area contributed by atoms with Gasteiger partial charge in [0, 0.05) is 0 Å². The van der Waals surface area contributed by atoms with Crippen LogP contribution in [-0.4, -0.2) is 12.7 Å². The summed E-state index contributed by atoms with van der Waals surface area (Å²) in [6.07, 6.45) is 0. The summed E-state index contributed by atoms with van der Waals surface area (Å²) >= 11 is 3.16. The molecule has 0 aromatic heterocycles. The minimum absolute atomic E-state index is 0. The van der Waals surface area contributed by atoms with Gasteiger partial charge >= 0.3 is 0 Å². The summed E-state index contributed by atoms with van der Waals surface area (Å²) < 4.78 is 20.2. The van der Waals surface area contributed by atoms with Gasteiger partial charge in [0.2, 0.25) is 0 Å². The Kier molecular flexibility index (Phi) is 35.2. The van der Waals surface area contributed by atoms with E-state index in [9.17, 15) is 8.78 Å². The van der Waals surface area contributed by atoms with Gasteiger partial charge in [-0.3, -0.25) is 4.39 Å². The van der Waals surface area contributed by atoms with Crippen LogP contribution in [0.3, 0.4) is 0 Å². The molecule has 0 aliphatic carbocycles. The Morgan fingerprint density at radius 1 is 1.29 bits per heavy atom. The van der Waals surface area contributed by atoms with Crippen molar-refractivity contribution in [2.24, 2.45) is 0 Å². The maximum absolute atomic E-state index is 10.9.